The lowest BCUT2D eigenvalue weighted by Gasteiger charge is -2.39. The predicted octanol–water partition coefficient (Wildman–Crippen LogP) is 6.51. The number of carboxylic acid groups (broad SMARTS) is 1. The number of aliphatic hydroxyl groups is 1. The molecule has 0 saturated heterocycles. The normalized spacial score (nSPS) is 19.2. The monoisotopic (exact) mass is 486 g/mol. The highest BCUT2D eigenvalue weighted by Gasteiger charge is 2.39. The van der Waals surface area contributed by atoms with Crippen LogP contribution in [0.1, 0.15) is 59.3 Å². The van der Waals surface area contributed by atoms with Crippen molar-refractivity contribution in [1.29, 1.82) is 0 Å². The van der Waals surface area contributed by atoms with Crippen LogP contribution in [0.15, 0.2) is 59.9 Å². The van der Waals surface area contributed by atoms with Crippen molar-refractivity contribution in [1.82, 2.24) is 0 Å². The van der Waals surface area contributed by atoms with Crippen LogP contribution in [0.3, 0.4) is 0 Å². The molecule has 1 aromatic carbocycles. The Balaban J connectivity index is 1.99. The van der Waals surface area contributed by atoms with Gasteiger partial charge >= 0.3 is 5.97 Å². The molecule has 0 radical (unpaired) electrons. The average molecular weight is 487 g/mol. The molecule has 0 amide bonds. The maximum atomic E-state index is 10.6. The predicted molar refractivity (Wildman–Crippen MR) is 140 cm³/mol. The summed E-state index contributed by atoms with van der Waals surface area (Å²) in [6.07, 6.45) is 9.18. The third-order valence-corrected chi connectivity index (χ3v) is 11.4. The highest BCUT2D eigenvalue weighted by Crippen LogP contribution is 2.39. The standard InChI is InChI=1S/C28H42O5Si/c1-28(2,3)34(4,5)33-24(21-32-23-13-9-8-10-14-23)19-17-22-18-20-26(29)25(22)15-11-6-7-12-16-27(30)31/h6,8-10,12-14,18,24-26,29H,11,15-17,19-21H2,1-5H3,(H,30,31)/t7?,24?,25-,26+/m1/s1. The molecule has 0 bridgehead atoms. The fourth-order valence-corrected chi connectivity index (χ4v) is 5.25. The van der Waals surface area contributed by atoms with Crippen LogP contribution in [0.4, 0.5) is 0 Å². The van der Waals surface area contributed by atoms with Crippen molar-refractivity contribution in [2.24, 2.45) is 5.92 Å². The summed E-state index contributed by atoms with van der Waals surface area (Å²) in [6.45, 7) is 11.8. The van der Waals surface area contributed by atoms with Crippen LogP contribution in [0, 0.1) is 5.92 Å². The topological polar surface area (TPSA) is 76.0 Å². The molecule has 1 unspecified atom stereocenters. The van der Waals surface area contributed by atoms with Gasteiger partial charge in [0.05, 0.1) is 18.6 Å². The Morgan fingerprint density at radius 1 is 1.24 bits per heavy atom. The number of para-hydroxylation sites is 1. The Bertz CT molecular complexity index is 863. The lowest BCUT2D eigenvalue weighted by molar-refractivity contribution is -0.136. The summed E-state index contributed by atoms with van der Waals surface area (Å²) in [5, 5.41) is 19.3. The Hall–Kier alpha value is -2.11. The molecule has 0 heterocycles. The maximum absolute atomic E-state index is 10.6. The summed E-state index contributed by atoms with van der Waals surface area (Å²) < 4.78 is 12.8. The van der Waals surface area contributed by atoms with Gasteiger partial charge in [-0.15, -0.1) is 5.73 Å². The van der Waals surface area contributed by atoms with Crippen molar-refractivity contribution in [2.75, 3.05) is 6.61 Å². The van der Waals surface area contributed by atoms with E-state index >= 15 is 0 Å². The number of rotatable bonds is 13. The van der Waals surface area contributed by atoms with E-state index in [0.717, 1.165) is 31.4 Å². The summed E-state index contributed by atoms with van der Waals surface area (Å²) >= 11 is 0. The van der Waals surface area contributed by atoms with E-state index in [1.807, 2.05) is 36.4 Å². The van der Waals surface area contributed by atoms with E-state index in [0.29, 0.717) is 13.0 Å². The molecule has 6 heteroatoms. The molecule has 0 saturated carbocycles. The van der Waals surface area contributed by atoms with Crippen LogP contribution in [0.2, 0.25) is 18.1 Å². The second-order valence-electron chi connectivity index (χ2n) is 10.6. The first kappa shape index (κ1) is 28.1. The molecule has 0 aromatic heterocycles. The van der Waals surface area contributed by atoms with Crippen molar-refractivity contribution in [3.63, 3.8) is 0 Å². The largest absolute Gasteiger partial charge is 0.491 e. The summed E-state index contributed by atoms with van der Waals surface area (Å²) in [4.78, 5) is 10.6. The Kier molecular flexibility index (Phi) is 10.8. The zero-order valence-electron chi connectivity index (χ0n) is 21.4. The first-order valence-corrected chi connectivity index (χ1v) is 15.2. The first-order chi connectivity index (χ1) is 16.0. The molecular weight excluding hydrogens is 444 g/mol. The van der Waals surface area contributed by atoms with E-state index in [9.17, 15) is 9.90 Å². The molecule has 1 aromatic rings. The summed E-state index contributed by atoms with van der Waals surface area (Å²) in [7, 11) is -1.96. The van der Waals surface area contributed by atoms with Gasteiger partial charge in [0.1, 0.15) is 12.4 Å². The zero-order valence-corrected chi connectivity index (χ0v) is 22.4. The Morgan fingerprint density at radius 3 is 2.59 bits per heavy atom. The molecule has 3 atom stereocenters. The second-order valence-corrected chi connectivity index (χ2v) is 15.4. The number of benzene rings is 1. The van der Waals surface area contributed by atoms with Crippen molar-refractivity contribution in [2.45, 2.75) is 89.6 Å². The Morgan fingerprint density at radius 2 is 1.94 bits per heavy atom. The molecular formula is C28H42O5Si. The number of carbonyl (C=O) groups is 1. The van der Waals surface area contributed by atoms with Gasteiger partial charge in [-0.1, -0.05) is 50.6 Å². The van der Waals surface area contributed by atoms with Crippen molar-refractivity contribution >= 4 is 14.3 Å². The SMILES string of the molecule is CC(C)(C)[Si](C)(C)OC(CCC1=CC[C@H](O)[C@@H]1CCC=C=CCC(=O)O)COc1ccccc1. The van der Waals surface area contributed by atoms with Crippen LogP contribution in [-0.2, 0) is 9.22 Å². The van der Waals surface area contributed by atoms with Crippen molar-refractivity contribution in [3.8, 4) is 5.75 Å². The van der Waals surface area contributed by atoms with Gasteiger partial charge in [0.25, 0.3) is 0 Å². The Labute approximate surface area is 206 Å². The van der Waals surface area contributed by atoms with Crippen LogP contribution >= 0.6 is 0 Å². The fraction of sp³-hybridized carbons (Fsp3) is 0.571. The summed E-state index contributed by atoms with van der Waals surface area (Å²) in [5.41, 5.74) is 4.22. The molecule has 2 rings (SSSR count). The number of aliphatic carboxylic acids is 1. The molecule has 0 fully saturated rings. The molecule has 1 aliphatic carbocycles. The van der Waals surface area contributed by atoms with Crippen LogP contribution < -0.4 is 4.74 Å². The number of ether oxygens (including phenoxy) is 1. The van der Waals surface area contributed by atoms with Gasteiger partial charge in [-0.3, -0.25) is 4.79 Å². The van der Waals surface area contributed by atoms with E-state index in [1.165, 1.54) is 11.6 Å². The molecule has 5 nitrogen and oxygen atoms in total. The zero-order chi connectivity index (χ0) is 25.2. The van der Waals surface area contributed by atoms with Crippen LogP contribution in [0.5, 0.6) is 5.75 Å². The van der Waals surface area contributed by atoms with Gasteiger partial charge in [0, 0.05) is 5.92 Å². The third-order valence-electron chi connectivity index (χ3n) is 6.90. The smallest absolute Gasteiger partial charge is 0.307 e. The number of aliphatic hydroxyl groups excluding tert-OH is 1. The van der Waals surface area contributed by atoms with Crippen molar-refractivity contribution < 1.29 is 24.2 Å². The van der Waals surface area contributed by atoms with Crippen LogP contribution in [0.25, 0.3) is 0 Å². The van der Waals surface area contributed by atoms with E-state index in [2.05, 4.69) is 45.7 Å². The number of hydrogen-bond donors (Lipinski definition) is 2. The lowest BCUT2D eigenvalue weighted by atomic mass is 9.90. The van der Waals surface area contributed by atoms with E-state index in [1.54, 1.807) is 0 Å². The lowest BCUT2D eigenvalue weighted by Crippen LogP contribution is -2.45. The van der Waals surface area contributed by atoms with Gasteiger partial charge in [-0.05, 0) is 74.5 Å². The summed E-state index contributed by atoms with van der Waals surface area (Å²) in [5.74, 6) is 0.117. The summed E-state index contributed by atoms with van der Waals surface area (Å²) in [6, 6.07) is 9.85. The van der Waals surface area contributed by atoms with Gasteiger partial charge in [0.2, 0.25) is 0 Å². The fourth-order valence-electron chi connectivity index (χ4n) is 3.88. The molecule has 34 heavy (non-hydrogen) atoms. The van der Waals surface area contributed by atoms with E-state index in [4.69, 9.17) is 14.3 Å². The maximum Gasteiger partial charge on any atom is 0.307 e. The minimum Gasteiger partial charge on any atom is -0.491 e. The number of hydrogen-bond acceptors (Lipinski definition) is 4. The van der Waals surface area contributed by atoms with Crippen LogP contribution in [-0.4, -0.2) is 43.3 Å². The number of carboxylic acids is 1. The quantitative estimate of drug-likeness (QED) is 0.189. The molecule has 188 valence electrons. The molecule has 1 aliphatic rings. The average Bonchev–Trinajstić information content (AvgIpc) is 3.11. The molecule has 2 N–H and O–H groups in total. The van der Waals surface area contributed by atoms with E-state index < -0.39 is 14.3 Å². The highest BCUT2D eigenvalue weighted by molar-refractivity contribution is 6.74. The van der Waals surface area contributed by atoms with Gasteiger partial charge in [0.15, 0.2) is 8.32 Å². The minimum absolute atomic E-state index is 0.0146. The molecule has 0 spiro atoms. The molecule has 0 aliphatic heterocycles. The first-order valence-electron chi connectivity index (χ1n) is 12.3. The van der Waals surface area contributed by atoms with E-state index in [-0.39, 0.29) is 29.6 Å². The third kappa shape index (κ3) is 9.26. The van der Waals surface area contributed by atoms with Gasteiger partial charge in [-0.2, -0.15) is 0 Å². The second kappa shape index (κ2) is 13.1. The van der Waals surface area contributed by atoms with Gasteiger partial charge in [-0.25, -0.2) is 0 Å². The highest BCUT2D eigenvalue weighted by atomic mass is 28.4. The van der Waals surface area contributed by atoms with Gasteiger partial charge < -0.3 is 19.4 Å². The minimum atomic E-state index is -1.96. The van der Waals surface area contributed by atoms with Crippen molar-refractivity contribution in [3.05, 3.63) is 59.9 Å².